The van der Waals surface area contributed by atoms with E-state index >= 15 is 0 Å². The number of hydrogen-bond donors (Lipinski definition) is 0. The maximum Gasteiger partial charge on any atom is 0.338 e. The lowest BCUT2D eigenvalue weighted by Crippen LogP contribution is -2.54. The average Bonchev–Trinajstić information content (AvgIpc) is 3.20. The Kier molecular flexibility index (Phi) is 4.68. The van der Waals surface area contributed by atoms with E-state index in [0.29, 0.717) is 24.7 Å². The van der Waals surface area contributed by atoms with Crippen molar-refractivity contribution in [3.8, 4) is 0 Å². The molecular weight excluding hydrogens is 340 g/mol. The molecule has 1 aliphatic heterocycles. The molecule has 142 valence electrons. The van der Waals surface area contributed by atoms with Gasteiger partial charge in [-0.1, -0.05) is 43.7 Å². The summed E-state index contributed by atoms with van der Waals surface area (Å²) in [6.45, 7) is 7.52. The number of carbonyl (C=O) groups excluding carboxylic acids is 1. The van der Waals surface area contributed by atoms with Crippen molar-refractivity contribution in [1.29, 1.82) is 0 Å². The van der Waals surface area contributed by atoms with E-state index in [1.165, 1.54) is 5.57 Å². The number of hydrogen-bond acceptors (Lipinski definition) is 4. The minimum Gasteiger partial charge on any atom is -0.467 e. The van der Waals surface area contributed by atoms with Gasteiger partial charge in [0.1, 0.15) is 18.5 Å². The molecule has 0 amide bonds. The molecule has 1 fully saturated rings. The fourth-order valence-corrected chi connectivity index (χ4v) is 4.82. The van der Waals surface area contributed by atoms with E-state index in [2.05, 4.69) is 26.8 Å². The molecule has 0 N–H and O–H groups in total. The third-order valence-corrected chi connectivity index (χ3v) is 6.55. The van der Waals surface area contributed by atoms with E-state index in [0.717, 1.165) is 5.76 Å². The zero-order chi connectivity index (χ0) is 19.0. The number of fused-ring (bicyclic) bond motifs is 2. The van der Waals surface area contributed by atoms with Crippen LogP contribution in [0.5, 0.6) is 0 Å². The summed E-state index contributed by atoms with van der Waals surface area (Å²) in [5.74, 6) is 1.38. The number of ether oxygens (including phenoxy) is 2. The Morgan fingerprint density at radius 2 is 1.96 bits per heavy atom. The summed E-state index contributed by atoms with van der Waals surface area (Å²) >= 11 is 0. The van der Waals surface area contributed by atoms with Crippen molar-refractivity contribution in [2.24, 2.45) is 23.2 Å². The molecule has 5 atom stereocenters. The molecule has 2 heterocycles. The first kappa shape index (κ1) is 18.1. The summed E-state index contributed by atoms with van der Waals surface area (Å²) in [5.41, 5.74) is 1.68. The van der Waals surface area contributed by atoms with Gasteiger partial charge in [0, 0.05) is 11.3 Å². The molecule has 1 aromatic carbocycles. The highest BCUT2D eigenvalue weighted by Crippen LogP contribution is 2.56. The molecule has 27 heavy (non-hydrogen) atoms. The normalized spacial score (nSPS) is 32.6. The average molecular weight is 366 g/mol. The van der Waals surface area contributed by atoms with Crippen molar-refractivity contribution in [2.75, 3.05) is 13.2 Å². The van der Waals surface area contributed by atoms with E-state index in [1.54, 1.807) is 18.4 Å². The summed E-state index contributed by atoms with van der Waals surface area (Å²) in [6.07, 6.45) is 3.92. The van der Waals surface area contributed by atoms with Gasteiger partial charge >= 0.3 is 5.97 Å². The van der Waals surface area contributed by atoms with Crippen LogP contribution in [0.15, 0.2) is 64.8 Å². The number of benzene rings is 1. The Morgan fingerprint density at radius 1 is 1.19 bits per heavy atom. The van der Waals surface area contributed by atoms with Crippen LogP contribution >= 0.6 is 0 Å². The van der Waals surface area contributed by atoms with E-state index in [1.807, 2.05) is 30.3 Å². The number of allylic oxidation sites excluding steroid dienone is 1. The van der Waals surface area contributed by atoms with Gasteiger partial charge in [0.25, 0.3) is 0 Å². The van der Waals surface area contributed by atoms with E-state index in [4.69, 9.17) is 13.9 Å². The topological polar surface area (TPSA) is 48.7 Å². The molecule has 1 aliphatic carbocycles. The van der Waals surface area contributed by atoms with E-state index in [9.17, 15) is 4.79 Å². The molecule has 2 bridgehead atoms. The zero-order valence-corrected chi connectivity index (χ0v) is 16.1. The molecule has 4 nitrogen and oxygen atoms in total. The molecule has 0 radical (unpaired) electrons. The summed E-state index contributed by atoms with van der Waals surface area (Å²) < 4.78 is 17.7. The second kappa shape index (κ2) is 7.01. The first-order valence-corrected chi connectivity index (χ1v) is 9.58. The third kappa shape index (κ3) is 3.02. The van der Waals surface area contributed by atoms with Gasteiger partial charge in [-0.15, -0.1) is 0 Å². The number of carbonyl (C=O) groups is 1. The predicted octanol–water partition coefficient (Wildman–Crippen LogP) is 5.04. The quantitative estimate of drug-likeness (QED) is 0.562. The van der Waals surface area contributed by atoms with Crippen LogP contribution in [-0.2, 0) is 9.47 Å². The van der Waals surface area contributed by atoms with Crippen LogP contribution in [0.25, 0.3) is 0 Å². The van der Waals surface area contributed by atoms with Crippen LogP contribution in [0.1, 0.15) is 43.0 Å². The standard InChI is InChI=1S/C23H26O4/c1-15-12-16(2)23(14-27-22(24)18-8-5-4-6-9-18)13-26-21(20(15)17(23)3)19-10-7-11-25-19/h4-12,16-17,20-21H,13-14H2,1-3H3/t16-,17-,20-,21+,23+/m0/s1. The van der Waals surface area contributed by atoms with Crippen LogP contribution in [0.4, 0.5) is 0 Å². The number of esters is 1. The summed E-state index contributed by atoms with van der Waals surface area (Å²) in [6, 6.07) is 13.0. The minimum atomic E-state index is -0.277. The van der Waals surface area contributed by atoms with Crippen molar-refractivity contribution in [2.45, 2.75) is 26.9 Å². The molecular formula is C23H26O4. The molecule has 0 spiro atoms. The summed E-state index contributed by atoms with van der Waals surface area (Å²) in [5, 5.41) is 0. The lowest BCUT2D eigenvalue weighted by molar-refractivity contribution is -0.170. The van der Waals surface area contributed by atoms with Gasteiger partial charge in [-0.25, -0.2) is 4.79 Å². The Bertz CT molecular complexity index is 823. The molecule has 4 heteroatoms. The smallest absolute Gasteiger partial charge is 0.338 e. The predicted molar refractivity (Wildman–Crippen MR) is 102 cm³/mol. The fourth-order valence-electron chi connectivity index (χ4n) is 4.82. The van der Waals surface area contributed by atoms with Gasteiger partial charge in [-0.2, -0.15) is 0 Å². The Balaban J connectivity index is 1.58. The molecule has 4 rings (SSSR count). The van der Waals surface area contributed by atoms with E-state index < -0.39 is 0 Å². The highest BCUT2D eigenvalue weighted by molar-refractivity contribution is 5.89. The number of rotatable bonds is 4. The van der Waals surface area contributed by atoms with Gasteiger partial charge in [-0.3, -0.25) is 0 Å². The van der Waals surface area contributed by atoms with Gasteiger partial charge in [0.15, 0.2) is 0 Å². The second-order valence-electron chi connectivity index (χ2n) is 7.94. The van der Waals surface area contributed by atoms with Gasteiger partial charge in [0.2, 0.25) is 0 Å². The summed E-state index contributed by atoms with van der Waals surface area (Å²) in [4.78, 5) is 12.5. The van der Waals surface area contributed by atoms with Crippen molar-refractivity contribution in [3.63, 3.8) is 0 Å². The zero-order valence-electron chi connectivity index (χ0n) is 16.1. The van der Waals surface area contributed by atoms with Gasteiger partial charge < -0.3 is 13.9 Å². The first-order valence-electron chi connectivity index (χ1n) is 9.58. The van der Waals surface area contributed by atoms with Crippen LogP contribution in [0, 0.1) is 23.2 Å². The molecule has 2 aliphatic rings. The summed E-state index contributed by atoms with van der Waals surface area (Å²) in [7, 11) is 0. The monoisotopic (exact) mass is 366 g/mol. The molecule has 2 aromatic rings. The van der Waals surface area contributed by atoms with Gasteiger partial charge in [-0.05, 0) is 43.0 Å². The van der Waals surface area contributed by atoms with Crippen molar-refractivity contribution >= 4 is 5.97 Å². The lowest BCUT2D eigenvalue weighted by atomic mass is 9.56. The minimum absolute atomic E-state index is 0.0864. The van der Waals surface area contributed by atoms with Crippen molar-refractivity contribution in [1.82, 2.24) is 0 Å². The maximum atomic E-state index is 12.5. The van der Waals surface area contributed by atoms with Crippen molar-refractivity contribution < 1.29 is 18.7 Å². The van der Waals surface area contributed by atoms with Crippen LogP contribution < -0.4 is 0 Å². The highest BCUT2D eigenvalue weighted by Gasteiger charge is 2.55. The molecule has 0 unspecified atom stereocenters. The third-order valence-electron chi connectivity index (χ3n) is 6.55. The fraction of sp³-hybridized carbons (Fsp3) is 0.435. The van der Waals surface area contributed by atoms with Crippen LogP contribution in [0.3, 0.4) is 0 Å². The first-order chi connectivity index (χ1) is 13.0. The lowest BCUT2D eigenvalue weighted by Gasteiger charge is -2.54. The molecule has 0 saturated carbocycles. The largest absolute Gasteiger partial charge is 0.467 e. The maximum absolute atomic E-state index is 12.5. The Hall–Kier alpha value is -2.33. The Morgan fingerprint density at radius 3 is 2.67 bits per heavy atom. The molecule has 1 aromatic heterocycles. The van der Waals surface area contributed by atoms with Crippen LogP contribution in [0.2, 0.25) is 0 Å². The van der Waals surface area contributed by atoms with Crippen molar-refractivity contribution in [3.05, 3.63) is 71.7 Å². The molecule has 1 saturated heterocycles. The number of furan rings is 1. The SMILES string of the molecule is CC1=C[C@H](C)[C@]2(COC(=O)c3ccccc3)CO[C@H](c3ccco3)[C@@H]1[C@@H]2C. The second-order valence-corrected chi connectivity index (χ2v) is 7.94. The highest BCUT2D eigenvalue weighted by atomic mass is 16.5. The van der Waals surface area contributed by atoms with E-state index in [-0.39, 0.29) is 29.3 Å². The van der Waals surface area contributed by atoms with Gasteiger partial charge in [0.05, 0.1) is 18.4 Å². The van der Waals surface area contributed by atoms with Crippen LogP contribution in [-0.4, -0.2) is 19.2 Å². The Labute approximate surface area is 160 Å².